The van der Waals surface area contributed by atoms with Crippen molar-refractivity contribution in [1.29, 1.82) is 0 Å². The van der Waals surface area contributed by atoms with E-state index in [9.17, 15) is 9.67 Å². The molecule has 168 valence electrons. The van der Waals surface area contributed by atoms with Gasteiger partial charge in [-0.25, -0.2) is 0 Å². The zero-order chi connectivity index (χ0) is 23.4. The molecule has 1 heterocycles. The highest BCUT2D eigenvalue weighted by Gasteiger charge is 2.41. The normalized spacial score (nSPS) is 16.9. The Morgan fingerprint density at radius 3 is 2.00 bits per heavy atom. The van der Waals surface area contributed by atoms with E-state index < -0.39 is 7.37 Å². The summed E-state index contributed by atoms with van der Waals surface area (Å²) < 4.78 is 20.1. The van der Waals surface area contributed by atoms with Crippen LogP contribution in [0.2, 0.25) is 0 Å². The molecule has 5 rings (SSSR count). The summed E-state index contributed by atoms with van der Waals surface area (Å²) in [5.41, 5.74) is 3.45. The summed E-state index contributed by atoms with van der Waals surface area (Å²) in [5.74, 6) is 0.846. The van der Waals surface area contributed by atoms with E-state index in [1.54, 1.807) is 6.07 Å². The van der Waals surface area contributed by atoms with E-state index in [2.05, 4.69) is 0 Å². The second kappa shape index (κ2) is 9.53. The van der Waals surface area contributed by atoms with E-state index in [0.29, 0.717) is 5.75 Å². The molecule has 0 saturated carbocycles. The molecule has 1 aliphatic rings. The molecule has 5 nitrogen and oxygen atoms in total. The van der Waals surface area contributed by atoms with Crippen LogP contribution in [0.3, 0.4) is 0 Å². The number of benzene rings is 4. The molecular weight excluding hydrogens is 435 g/mol. The van der Waals surface area contributed by atoms with Crippen molar-refractivity contribution >= 4 is 12.7 Å². The first-order valence-corrected chi connectivity index (χ1v) is 12.3. The molecule has 0 spiro atoms. The monoisotopic (exact) mass is 460 g/mol. The molecule has 4 aromatic rings. The number of hydrogen-bond donors (Lipinski definition) is 3. The van der Waals surface area contributed by atoms with E-state index >= 15 is 0 Å². The molecule has 0 fully saturated rings. The van der Waals surface area contributed by atoms with Gasteiger partial charge in [-0.3, -0.25) is 4.57 Å². The van der Waals surface area contributed by atoms with E-state index in [0.717, 1.165) is 27.6 Å². The Morgan fingerprint density at radius 1 is 0.788 bits per heavy atom. The van der Waals surface area contributed by atoms with Crippen LogP contribution >= 0.6 is 7.37 Å². The van der Waals surface area contributed by atoms with Crippen LogP contribution in [0, 0.1) is 0 Å². The summed E-state index contributed by atoms with van der Waals surface area (Å²) in [6, 6.07) is 28.9. The molecule has 2 unspecified atom stereocenters. The molecule has 4 aromatic carbocycles. The topological polar surface area (TPSA) is 87.0 Å². The first-order chi connectivity index (χ1) is 15.9. The van der Waals surface area contributed by atoms with Crippen LogP contribution in [0.15, 0.2) is 97.1 Å². The Bertz CT molecular complexity index is 1280. The number of para-hydroxylation sites is 1. The van der Waals surface area contributed by atoms with Crippen molar-refractivity contribution in [2.45, 2.75) is 19.2 Å². The fourth-order valence-electron chi connectivity index (χ4n) is 3.82. The second-order valence-electron chi connectivity index (χ2n) is 7.80. The molecule has 1 aliphatic heterocycles. The molecule has 3 N–H and O–H groups in total. The number of fused-ring (bicyclic) bond motifs is 3. The summed E-state index contributed by atoms with van der Waals surface area (Å²) in [7, 11) is -3.13. The molecule has 0 aromatic heterocycles. The highest BCUT2D eigenvalue weighted by Crippen LogP contribution is 2.63. The second-order valence-corrected chi connectivity index (χ2v) is 10.4. The lowest BCUT2D eigenvalue weighted by Gasteiger charge is -2.32. The van der Waals surface area contributed by atoms with Gasteiger partial charge in [0.25, 0.3) is 7.37 Å². The molecule has 33 heavy (non-hydrogen) atoms. The SMILES string of the molecule is CC(c1ccc(CO)cc1)P1(=O)Oc2ccccc2-c2ccccc21.Oc1cccc(O)c1. The third-order valence-corrected chi connectivity index (χ3v) is 8.48. The van der Waals surface area contributed by atoms with E-state index in [4.69, 9.17) is 14.7 Å². The van der Waals surface area contributed by atoms with E-state index in [-0.39, 0.29) is 23.8 Å². The predicted octanol–water partition coefficient (Wildman–Crippen LogP) is 6.00. The number of hydrogen-bond acceptors (Lipinski definition) is 5. The first kappa shape index (κ1) is 22.7. The fraction of sp³-hybridized carbons (Fsp3) is 0.111. The molecule has 6 heteroatoms. The molecule has 0 radical (unpaired) electrons. The van der Waals surface area contributed by atoms with Gasteiger partial charge in [-0.1, -0.05) is 66.7 Å². The van der Waals surface area contributed by atoms with Gasteiger partial charge < -0.3 is 19.8 Å². The van der Waals surface area contributed by atoms with Gasteiger partial charge in [0.05, 0.1) is 17.6 Å². The Morgan fingerprint density at radius 2 is 1.39 bits per heavy atom. The third-order valence-electron chi connectivity index (χ3n) is 5.64. The Kier molecular flexibility index (Phi) is 6.55. The average Bonchev–Trinajstić information content (AvgIpc) is 2.84. The predicted molar refractivity (Wildman–Crippen MR) is 130 cm³/mol. The standard InChI is InChI=1S/C21H19O3P.C6H6O2/c1-15(17-12-10-16(14-22)11-13-17)25(23)21-9-5-3-7-19(21)18-6-2-4-8-20(18)24-25;7-5-2-1-3-6(8)4-5/h2-13,15,22H,14H2,1H3;1-4,7-8H. The quantitative estimate of drug-likeness (QED) is 0.327. The van der Waals surface area contributed by atoms with Gasteiger partial charge in [0.1, 0.15) is 17.2 Å². The number of rotatable bonds is 3. The van der Waals surface area contributed by atoms with Gasteiger partial charge >= 0.3 is 0 Å². The smallest absolute Gasteiger partial charge is 0.284 e. The summed E-state index contributed by atoms with van der Waals surface area (Å²) >= 11 is 0. The third kappa shape index (κ3) is 4.65. The van der Waals surface area contributed by atoms with Crippen molar-refractivity contribution in [2.24, 2.45) is 0 Å². The van der Waals surface area contributed by atoms with Crippen molar-refractivity contribution in [1.82, 2.24) is 0 Å². The van der Waals surface area contributed by atoms with Crippen LogP contribution in [0.1, 0.15) is 23.7 Å². The lowest BCUT2D eigenvalue weighted by atomic mass is 10.0. The van der Waals surface area contributed by atoms with Crippen LogP contribution in [0.5, 0.6) is 17.2 Å². The minimum Gasteiger partial charge on any atom is -0.508 e. The highest BCUT2D eigenvalue weighted by molar-refractivity contribution is 7.68. The van der Waals surface area contributed by atoms with E-state index in [1.807, 2.05) is 79.7 Å². The molecule has 0 aliphatic carbocycles. The van der Waals surface area contributed by atoms with Gasteiger partial charge in [-0.15, -0.1) is 0 Å². The maximum atomic E-state index is 14.0. The molecule has 0 saturated heterocycles. The Labute approximate surface area is 193 Å². The number of phenolic OH excluding ortho intramolecular Hbond substituents is 2. The van der Waals surface area contributed by atoms with Gasteiger partial charge in [0.2, 0.25) is 0 Å². The molecular formula is C27H25O5P. The lowest BCUT2D eigenvalue weighted by molar-refractivity contribution is 0.282. The maximum Gasteiger partial charge on any atom is 0.284 e. The summed E-state index contributed by atoms with van der Waals surface area (Å²) in [5, 5.41) is 27.3. The molecule has 2 atom stereocenters. The Balaban J connectivity index is 0.000000275. The minimum atomic E-state index is -3.13. The first-order valence-electron chi connectivity index (χ1n) is 10.6. The summed E-state index contributed by atoms with van der Waals surface area (Å²) in [6.07, 6.45) is 0. The maximum absolute atomic E-state index is 14.0. The van der Waals surface area contributed by atoms with Crippen molar-refractivity contribution in [2.75, 3.05) is 0 Å². The van der Waals surface area contributed by atoms with Crippen molar-refractivity contribution in [3.8, 4) is 28.4 Å². The summed E-state index contributed by atoms with van der Waals surface area (Å²) in [6.45, 7) is 1.94. The zero-order valence-electron chi connectivity index (χ0n) is 18.1. The van der Waals surface area contributed by atoms with Gasteiger partial charge in [-0.2, -0.15) is 0 Å². The van der Waals surface area contributed by atoms with Gasteiger partial charge in [-0.05, 0) is 47.9 Å². The van der Waals surface area contributed by atoms with Crippen LogP contribution in [-0.4, -0.2) is 15.3 Å². The van der Waals surface area contributed by atoms with Crippen LogP contribution < -0.4 is 9.83 Å². The fourth-order valence-corrected chi connectivity index (χ4v) is 6.33. The highest BCUT2D eigenvalue weighted by atomic mass is 31.2. The Hall–Kier alpha value is -3.53. The summed E-state index contributed by atoms with van der Waals surface area (Å²) in [4.78, 5) is 0. The van der Waals surface area contributed by atoms with Crippen LogP contribution in [-0.2, 0) is 11.2 Å². The van der Waals surface area contributed by atoms with Crippen LogP contribution in [0.4, 0.5) is 0 Å². The minimum absolute atomic E-state index is 0.000962. The largest absolute Gasteiger partial charge is 0.508 e. The lowest BCUT2D eigenvalue weighted by Crippen LogP contribution is -2.21. The number of phenols is 2. The number of aromatic hydroxyl groups is 2. The average molecular weight is 460 g/mol. The van der Waals surface area contributed by atoms with Crippen LogP contribution in [0.25, 0.3) is 11.1 Å². The van der Waals surface area contributed by atoms with E-state index in [1.165, 1.54) is 18.2 Å². The van der Waals surface area contributed by atoms with Gasteiger partial charge in [0.15, 0.2) is 0 Å². The zero-order valence-corrected chi connectivity index (χ0v) is 19.0. The van der Waals surface area contributed by atoms with Crippen molar-refractivity contribution < 1.29 is 24.4 Å². The number of aliphatic hydroxyl groups excluding tert-OH is 1. The molecule has 0 bridgehead atoms. The van der Waals surface area contributed by atoms with Crippen molar-refractivity contribution in [3.05, 3.63) is 108 Å². The molecule has 0 amide bonds. The van der Waals surface area contributed by atoms with Gasteiger partial charge in [0, 0.05) is 11.6 Å². The number of aliphatic hydroxyl groups is 1. The van der Waals surface area contributed by atoms with Crippen molar-refractivity contribution in [3.63, 3.8) is 0 Å².